The van der Waals surface area contributed by atoms with Gasteiger partial charge in [0.1, 0.15) is 0 Å². The lowest BCUT2D eigenvalue weighted by Gasteiger charge is -2.37. The second-order valence-electron chi connectivity index (χ2n) is 5.09. The Bertz CT molecular complexity index is 593. The Morgan fingerprint density at radius 2 is 1.62 bits per heavy atom. The van der Waals surface area contributed by atoms with Gasteiger partial charge in [0, 0.05) is 49.0 Å². The van der Waals surface area contributed by atoms with Crippen LogP contribution in [0, 0.1) is 0 Å². The van der Waals surface area contributed by atoms with Crippen LogP contribution in [0.25, 0.3) is 0 Å². The quantitative estimate of drug-likeness (QED) is 0.801. The van der Waals surface area contributed by atoms with E-state index in [0.29, 0.717) is 5.88 Å². The van der Waals surface area contributed by atoms with E-state index >= 15 is 0 Å². The minimum absolute atomic E-state index is 0.523. The number of alkyl halides is 1. The average molecular weight is 322 g/mol. The van der Waals surface area contributed by atoms with Gasteiger partial charge in [0.25, 0.3) is 0 Å². The normalized spacial score (nSPS) is 15.3. The zero-order chi connectivity index (χ0) is 14.7. The molecule has 1 fully saturated rings. The molecule has 0 bridgehead atoms. The van der Waals surface area contributed by atoms with Crippen LogP contribution in [0.1, 0.15) is 5.56 Å². The SMILES string of the molecule is ClCc1ccncc1N1CCN(c2ccc(Cl)cc2)CC1. The molecule has 0 spiro atoms. The summed E-state index contributed by atoms with van der Waals surface area (Å²) in [5.74, 6) is 0.523. The van der Waals surface area contributed by atoms with Crippen molar-refractivity contribution in [2.24, 2.45) is 0 Å². The molecule has 1 aromatic carbocycles. The van der Waals surface area contributed by atoms with Crippen LogP contribution in [0.2, 0.25) is 5.02 Å². The number of rotatable bonds is 3. The highest BCUT2D eigenvalue weighted by Gasteiger charge is 2.19. The van der Waals surface area contributed by atoms with Crippen molar-refractivity contribution >= 4 is 34.6 Å². The molecule has 0 saturated carbocycles. The van der Waals surface area contributed by atoms with Crippen LogP contribution < -0.4 is 9.80 Å². The lowest BCUT2D eigenvalue weighted by atomic mass is 10.2. The van der Waals surface area contributed by atoms with Gasteiger partial charge in [0.05, 0.1) is 11.9 Å². The van der Waals surface area contributed by atoms with E-state index in [-0.39, 0.29) is 0 Å². The molecule has 1 aliphatic heterocycles. The summed E-state index contributed by atoms with van der Waals surface area (Å²) in [5.41, 5.74) is 3.53. The van der Waals surface area contributed by atoms with Crippen molar-refractivity contribution in [1.29, 1.82) is 0 Å². The van der Waals surface area contributed by atoms with Crippen LogP contribution in [-0.2, 0) is 5.88 Å². The summed E-state index contributed by atoms with van der Waals surface area (Å²) in [4.78, 5) is 8.96. The molecule has 110 valence electrons. The number of aromatic nitrogens is 1. The molecule has 2 aromatic rings. The minimum Gasteiger partial charge on any atom is -0.368 e. The first-order valence-electron chi connectivity index (χ1n) is 7.02. The second kappa shape index (κ2) is 6.54. The van der Waals surface area contributed by atoms with Crippen molar-refractivity contribution in [3.63, 3.8) is 0 Å². The van der Waals surface area contributed by atoms with Gasteiger partial charge in [-0.15, -0.1) is 11.6 Å². The van der Waals surface area contributed by atoms with Crippen LogP contribution in [-0.4, -0.2) is 31.2 Å². The number of pyridine rings is 1. The molecule has 3 rings (SSSR count). The smallest absolute Gasteiger partial charge is 0.0598 e. The van der Waals surface area contributed by atoms with Crippen LogP contribution >= 0.6 is 23.2 Å². The fourth-order valence-corrected chi connectivity index (χ4v) is 3.02. The molecule has 5 heteroatoms. The number of benzene rings is 1. The molecule has 0 amide bonds. The first kappa shape index (κ1) is 14.5. The van der Waals surface area contributed by atoms with Gasteiger partial charge in [-0.3, -0.25) is 4.98 Å². The highest BCUT2D eigenvalue weighted by atomic mass is 35.5. The molecular formula is C16H17Cl2N3. The predicted octanol–water partition coefficient (Wildman–Crippen LogP) is 3.80. The van der Waals surface area contributed by atoms with Crippen molar-refractivity contribution in [3.8, 4) is 0 Å². The van der Waals surface area contributed by atoms with Gasteiger partial charge in [-0.25, -0.2) is 0 Å². The minimum atomic E-state index is 0.523. The Morgan fingerprint density at radius 1 is 0.952 bits per heavy atom. The van der Waals surface area contributed by atoms with E-state index in [9.17, 15) is 0 Å². The summed E-state index contributed by atoms with van der Waals surface area (Å²) in [6.07, 6.45) is 3.71. The van der Waals surface area contributed by atoms with Gasteiger partial charge in [0.15, 0.2) is 0 Å². The fourth-order valence-electron chi connectivity index (χ4n) is 2.67. The van der Waals surface area contributed by atoms with Gasteiger partial charge in [-0.05, 0) is 35.9 Å². The number of hydrogen-bond donors (Lipinski definition) is 0. The molecule has 1 saturated heterocycles. The number of halogens is 2. The zero-order valence-corrected chi connectivity index (χ0v) is 13.2. The molecule has 21 heavy (non-hydrogen) atoms. The van der Waals surface area contributed by atoms with Crippen molar-refractivity contribution in [1.82, 2.24) is 4.98 Å². The van der Waals surface area contributed by atoms with Gasteiger partial charge < -0.3 is 9.80 Å². The zero-order valence-electron chi connectivity index (χ0n) is 11.7. The topological polar surface area (TPSA) is 19.4 Å². The highest BCUT2D eigenvalue weighted by Crippen LogP contribution is 2.24. The molecule has 0 atom stereocenters. The summed E-state index contributed by atoms with van der Waals surface area (Å²) in [6, 6.07) is 10.0. The van der Waals surface area contributed by atoms with E-state index < -0.39 is 0 Å². The van der Waals surface area contributed by atoms with Crippen LogP contribution in [0.5, 0.6) is 0 Å². The molecule has 0 aliphatic carbocycles. The van der Waals surface area contributed by atoms with Crippen LogP contribution in [0.4, 0.5) is 11.4 Å². The molecule has 0 radical (unpaired) electrons. The van der Waals surface area contributed by atoms with E-state index in [2.05, 4.69) is 26.9 Å². The second-order valence-corrected chi connectivity index (χ2v) is 5.79. The Morgan fingerprint density at radius 3 is 2.29 bits per heavy atom. The Labute approximate surface area is 135 Å². The largest absolute Gasteiger partial charge is 0.368 e. The van der Waals surface area contributed by atoms with E-state index in [1.807, 2.05) is 24.4 Å². The van der Waals surface area contributed by atoms with Crippen molar-refractivity contribution in [2.45, 2.75) is 5.88 Å². The summed E-state index contributed by atoms with van der Waals surface area (Å²) in [7, 11) is 0. The monoisotopic (exact) mass is 321 g/mol. The molecule has 0 N–H and O–H groups in total. The van der Waals surface area contributed by atoms with Crippen LogP contribution in [0.15, 0.2) is 42.7 Å². The van der Waals surface area contributed by atoms with Gasteiger partial charge >= 0.3 is 0 Å². The number of hydrogen-bond acceptors (Lipinski definition) is 3. The maximum Gasteiger partial charge on any atom is 0.0598 e. The lowest BCUT2D eigenvalue weighted by Crippen LogP contribution is -2.46. The Kier molecular flexibility index (Phi) is 4.51. The number of piperazine rings is 1. The molecule has 2 heterocycles. The van der Waals surface area contributed by atoms with E-state index in [1.165, 1.54) is 5.69 Å². The van der Waals surface area contributed by atoms with Crippen molar-refractivity contribution in [2.75, 3.05) is 36.0 Å². The summed E-state index contributed by atoms with van der Waals surface area (Å²) >= 11 is 12.0. The maximum absolute atomic E-state index is 6.01. The lowest BCUT2D eigenvalue weighted by molar-refractivity contribution is 0.651. The Hall–Kier alpha value is -1.45. The molecule has 3 nitrogen and oxygen atoms in total. The van der Waals surface area contributed by atoms with Crippen LogP contribution in [0.3, 0.4) is 0 Å². The third kappa shape index (κ3) is 3.25. The third-order valence-electron chi connectivity index (χ3n) is 3.84. The summed E-state index contributed by atoms with van der Waals surface area (Å²) in [6.45, 7) is 3.91. The molecule has 0 unspecified atom stereocenters. The Balaban J connectivity index is 1.69. The number of anilines is 2. The predicted molar refractivity (Wildman–Crippen MR) is 89.7 cm³/mol. The van der Waals surface area contributed by atoms with E-state index in [4.69, 9.17) is 23.2 Å². The summed E-state index contributed by atoms with van der Waals surface area (Å²) in [5, 5.41) is 0.777. The van der Waals surface area contributed by atoms with Crippen molar-refractivity contribution < 1.29 is 0 Å². The highest BCUT2D eigenvalue weighted by molar-refractivity contribution is 6.30. The molecule has 1 aromatic heterocycles. The van der Waals surface area contributed by atoms with Gasteiger partial charge in [-0.1, -0.05) is 11.6 Å². The van der Waals surface area contributed by atoms with E-state index in [1.54, 1.807) is 6.20 Å². The standard InChI is InChI=1S/C16H17Cl2N3/c17-11-13-5-6-19-12-16(13)21-9-7-20(8-10-21)15-3-1-14(18)2-4-15/h1-6,12H,7-11H2. The first-order valence-corrected chi connectivity index (χ1v) is 7.93. The van der Waals surface area contributed by atoms with E-state index in [0.717, 1.165) is 42.5 Å². The third-order valence-corrected chi connectivity index (χ3v) is 4.38. The molecule has 1 aliphatic rings. The van der Waals surface area contributed by atoms with Gasteiger partial charge in [0.2, 0.25) is 0 Å². The van der Waals surface area contributed by atoms with Gasteiger partial charge in [-0.2, -0.15) is 0 Å². The van der Waals surface area contributed by atoms with Crippen molar-refractivity contribution in [3.05, 3.63) is 53.3 Å². The fraction of sp³-hybridized carbons (Fsp3) is 0.312. The summed E-state index contributed by atoms with van der Waals surface area (Å²) < 4.78 is 0. The molecular weight excluding hydrogens is 305 g/mol. The first-order chi connectivity index (χ1) is 10.3. The maximum atomic E-state index is 6.01. The average Bonchev–Trinajstić information content (AvgIpc) is 2.56. The number of nitrogens with zero attached hydrogens (tertiary/aromatic N) is 3.